The molecule has 0 aliphatic heterocycles. The molecule has 2 N–H and O–H groups in total. The van der Waals surface area contributed by atoms with Crippen LogP contribution in [0.5, 0.6) is 0 Å². The molecule has 82 valence electrons. The normalized spacial score (nSPS) is 17.9. The fraction of sp³-hybridized carbons (Fsp3) is 0.900. The molecule has 0 heterocycles. The summed E-state index contributed by atoms with van der Waals surface area (Å²) >= 11 is 1.59. The van der Waals surface area contributed by atoms with Crippen molar-refractivity contribution in [3.63, 3.8) is 0 Å². The van der Waals surface area contributed by atoms with Gasteiger partial charge in [-0.1, -0.05) is 6.92 Å². The van der Waals surface area contributed by atoms with E-state index in [-0.39, 0.29) is 18.4 Å². The van der Waals surface area contributed by atoms with Crippen molar-refractivity contribution >= 4 is 17.7 Å². The van der Waals surface area contributed by atoms with E-state index in [1.165, 1.54) is 12.8 Å². The fourth-order valence-corrected chi connectivity index (χ4v) is 1.95. The maximum Gasteiger partial charge on any atom is 0.230 e. The van der Waals surface area contributed by atoms with Crippen molar-refractivity contribution in [2.24, 2.45) is 11.8 Å². The van der Waals surface area contributed by atoms with Gasteiger partial charge in [-0.25, -0.2) is 0 Å². The molecule has 1 aliphatic carbocycles. The van der Waals surface area contributed by atoms with Crippen LogP contribution in [0.15, 0.2) is 0 Å². The first-order valence-corrected chi connectivity index (χ1v) is 6.33. The Bertz CT molecular complexity index is 183. The monoisotopic (exact) mass is 217 g/mol. The second kappa shape index (κ2) is 6.30. The standard InChI is InChI=1S/C10H19NO2S/c1-8(5-12)6-14-7-10(13)11-4-9-2-3-9/h8-9,12H,2-7H2,1H3,(H,11,13). The Balaban J connectivity index is 1.91. The number of nitrogens with one attached hydrogen (secondary N) is 1. The van der Waals surface area contributed by atoms with Gasteiger partial charge in [-0.15, -0.1) is 0 Å². The lowest BCUT2D eigenvalue weighted by molar-refractivity contribution is -0.118. The van der Waals surface area contributed by atoms with Crippen LogP contribution in [-0.2, 0) is 4.79 Å². The minimum atomic E-state index is 0.132. The Morgan fingerprint density at radius 3 is 2.93 bits per heavy atom. The number of rotatable bonds is 7. The Morgan fingerprint density at radius 2 is 2.36 bits per heavy atom. The van der Waals surface area contributed by atoms with Gasteiger partial charge in [0, 0.05) is 13.2 Å². The highest BCUT2D eigenvalue weighted by molar-refractivity contribution is 7.99. The third-order valence-corrected chi connectivity index (χ3v) is 3.50. The molecule has 3 nitrogen and oxygen atoms in total. The molecule has 1 atom stereocenters. The summed E-state index contributed by atoms with van der Waals surface area (Å²) in [7, 11) is 0. The van der Waals surface area contributed by atoms with E-state index >= 15 is 0 Å². The highest BCUT2D eigenvalue weighted by atomic mass is 32.2. The fourth-order valence-electron chi connectivity index (χ4n) is 1.04. The van der Waals surface area contributed by atoms with E-state index in [1.807, 2.05) is 6.92 Å². The summed E-state index contributed by atoms with van der Waals surface area (Å²) in [6.07, 6.45) is 2.55. The largest absolute Gasteiger partial charge is 0.396 e. The predicted molar refractivity (Wildman–Crippen MR) is 59.3 cm³/mol. The molecule has 1 amide bonds. The summed E-state index contributed by atoms with van der Waals surface area (Å²) in [6, 6.07) is 0. The van der Waals surface area contributed by atoms with Gasteiger partial charge in [0.05, 0.1) is 5.75 Å². The first kappa shape index (κ1) is 11.9. The van der Waals surface area contributed by atoms with Crippen molar-refractivity contribution in [2.45, 2.75) is 19.8 Å². The summed E-state index contributed by atoms with van der Waals surface area (Å²) in [5.41, 5.74) is 0. The number of thioether (sulfide) groups is 1. The molecule has 1 saturated carbocycles. The summed E-state index contributed by atoms with van der Waals surface area (Å²) in [5, 5.41) is 11.7. The lowest BCUT2D eigenvalue weighted by atomic mass is 10.2. The topological polar surface area (TPSA) is 49.3 Å². The van der Waals surface area contributed by atoms with Gasteiger partial charge in [0.1, 0.15) is 0 Å². The van der Waals surface area contributed by atoms with Crippen LogP contribution in [0.3, 0.4) is 0 Å². The van der Waals surface area contributed by atoms with Crippen molar-refractivity contribution in [3.8, 4) is 0 Å². The van der Waals surface area contributed by atoms with E-state index in [2.05, 4.69) is 5.32 Å². The predicted octanol–water partition coefficient (Wildman–Crippen LogP) is 0.874. The molecule has 0 bridgehead atoms. The van der Waals surface area contributed by atoms with Crippen molar-refractivity contribution in [2.75, 3.05) is 24.7 Å². The van der Waals surface area contributed by atoms with Crippen LogP contribution in [0.1, 0.15) is 19.8 Å². The van der Waals surface area contributed by atoms with Crippen LogP contribution < -0.4 is 5.32 Å². The Morgan fingerprint density at radius 1 is 1.64 bits per heavy atom. The van der Waals surface area contributed by atoms with Crippen molar-refractivity contribution in [3.05, 3.63) is 0 Å². The van der Waals surface area contributed by atoms with E-state index < -0.39 is 0 Å². The van der Waals surface area contributed by atoms with E-state index in [4.69, 9.17) is 5.11 Å². The lowest BCUT2D eigenvalue weighted by Crippen LogP contribution is -2.27. The molecule has 14 heavy (non-hydrogen) atoms. The van der Waals surface area contributed by atoms with Crippen molar-refractivity contribution < 1.29 is 9.90 Å². The van der Waals surface area contributed by atoms with Gasteiger partial charge in [-0.05, 0) is 30.4 Å². The minimum Gasteiger partial charge on any atom is -0.396 e. The smallest absolute Gasteiger partial charge is 0.230 e. The first-order valence-electron chi connectivity index (χ1n) is 5.17. The number of hydrogen-bond acceptors (Lipinski definition) is 3. The van der Waals surface area contributed by atoms with Gasteiger partial charge in [0.25, 0.3) is 0 Å². The molecule has 0 saturated heterocycles. The van der Waals surface area contributed by atoms with Gasteiger partial charge in [-0.2, -0.15) is 11.8 Å². The average molecular weight is 217 g/mol. The van der Waals surface area contributed by atoms with Crippen LogP contribution in [-0.4, -0.2) is 35.7 Å². The summed E-state index contributed by atoms with van der Waals surface area (Å²) in [4.78, 5) is 11.3. The van der Waals surface area contributed by atoms with Crippen LogP contribution in [0.2, 0.25) is 0 Å². The van der Waals surface area contributed by atoms with Gasteiger partial charge in [0.15, 0.2) is 0 Å². The SMILES string of the molecule is CC(CO)CSCC(=O)NCC1CC1. The quantitative estimate of drug-likeness (QED) is 0.665. The van der Waals surface area contributed by atoms with Crippen LogP contribution >= 0.6 is 11.8 Å². The maximum atomic E-state index is 11.3. The molecule has 4 heteroatoms. The number of carbonyl (C=O) groups excluding carboxylic acids is 1. The van der Waals surface area contributed by atoms with Crippen LogP contribution in [0.25, 0.3) is 0 Å². The van der Waals surface area contributed by atoms with Gasteiger partial charge in [-0.3, -0.25) is 4.79 Å². The molecule has 0 radical (unpaired) electrons. The maximum absolute atomic E-state index is 11.3. The Labute approximate surface area is 89.6 Å². The Kier molecular flexibility index (Phi) is 5.33. The molecule has 0 aromatic carbocycles. The first-order chi connectivity index (χ1) is 6.72. The van der Waals surface area contributed by atoms with Gasteiger partial charge >= 0.3 is 0 Å². The van der Waals surface area contributed by atoms with Gasteiger partial charge in [0.2, 0.25) is 5.91 Å². The number of aliphatic hydroxyl groups excluding tert-OH is 1. The lowest BCUT2D eigenvalue weighted by Gasteiger charge is -2.07. The highest BCUT2D eigenvalue weighted by Gasteiger charge is 2.21. The molecular formula is C10H19NO2S. The van der Waals surface area contributed by atoms with E-state index in [0.717, 1.165) is 18.2 Å². The van der Waals surface area contributed by atoms with Crippen molar-refractivity contribution in [1.82, 2.24) is 5.32 Å². The zero-order chi connectivity index (χ0) is 10.4. The summed E-state index contributed by atoms with van der Waals surface area (Å²) in [5.74, 6) is 2.55. The number of hydrogen-bond donors (Lipinski definition) is 2. The molecule has 0 spiro atoms. The third-order valence-electron chi connectivity index (χ3n) is 2.23. The molecule has 0 aromatic heterocycles. The zero-order valence-electron chi connectivity index (χ0n) is 8.66. The van der Waals surface area contributed by atoms with E-state index in [0.29, 0.717) is 5.75 Å². The van der Waals surface area contributed by atoms with Crippen molar-refractivity contribution in [1.29, 1.82) is 0 Å². The van der Waals surface area contributed by atoms with E-state index in [9.17, 15) is 4.79 Å². The van der Waals surface area contributed by atoms with Crippen LogP contribution in [0, 0.1) is 11.8 Å². The molecule has 1 fully saturated rings. The second-order valence-electron chi connectivity index (χ2n) is 4.05. The average Bonchev–Trinajstić information content (AvgIpc) is 2.98. The number of aliphatic hydroxyl groups is 1. The number of carbonyl (C=O) groups is 1. The van der Waals surface area contributed by atoms with Crippen LogP contribution in [0.4, 0.5) is 0 Å². The second-order valence-corrected chi connectivity index (χ2v) is 5.08. The highest BCUT2D eigenvalue weighted by Crippen LogP contribution is 2.27. The molecule has 1 rings (SSSR count). The molecule has 1 aliphatic rings. The summed E-state index contributed by atoms with van der Waals surface area (Å²) < 4.78 is 0. The number of amides is 1. The third kappa shape index (κ3) is 5.50. The van der Waals surface area contributed by atoms with E-state index in [1.54, 1.807) is 11.8 Å². The zero-order valence-corrected chi connectivity index (χ0v) is 9.48. The summed E-state index contributed by atoms with van der Waals surface area (Å²) in [6.45, 7) is 3.04. The minimum absolute atomic E-state index is 0.132. The molecule has 0 aromatic rings. The Hall–Kier alpha value is -0.220. The molecular weight excluding hydrogens is 198 g/mol. The van der Waals surface area contributed by atoms with Gasteiger partial charge < -0.3 is 10.4 Å². The molecule has 1 unspecified atom stereocenters.